The number of carbonyl (C=O) groups is 1. The summed E-state index contributed by atoms with van der Waals surface area (Å²) in [7, 11) is 0. The summed E-state index contributed by atoms with van der Waals surface area (Å²) in [6, 6.07) is 0. The molecule has 2 aliphatic heterocycles. The summed E-state index contributed by atoms with van der Waals surface area (Å²) in [6.45, 7) is 3.92. The Kier molecular flexibility index (Phi) is 4.50. The number of likely N-dealkylation sites (tertiary alicyclic amines) is 1. The van der Waals surface area contributed by atoms with E-state index in [9.17, 15) is 4.79 Å². The summed E-state index contributed by atoms with van der Waals surface area (Å²) in [5, 5.41) is 5.98. The fourth-order valence-corrected chi connectivity index (χ4v) is 4.25. The standard InChI is InChI=1S/C16H19N5O2S/c22-16(20-14-5-17-1-2-18-14)13-10-23-9-11-6-21(7-12(11)13)8-15-19-3-4-24-15/h1-5,11-13H,6-10H2,(H,18,20,22)/t11-,12-,13+/m1/s1. The van der Waals surface area contributed by atoms with Crippen LogP contribution in [0, 0.1) is 17.8 Å². The van der Waals surface area contributed by atoms with E-state index in [1.54, 1.807) is 29.9 Å². The molecule has 24 heavy (non-hydrogen) atoms. The zero-order valence-electron chi connectivity index (χ0n) is 13.2. The van der Waals surface area contributed by atoms with Gasteiger partial charge in [0.25, 0.3) is 0 Å². The van der Waals surface area contributed by atoms with Crippen molar-refractivity contribution >= 4 is 23.1 Å². The van der Waals surface area contributed by atoms with Crippen LogP contribution in [0.15, 0.2) is 30.2 Å². The van der Waals surface area contributed by atoms with Crippen molar-refractivity contribution in [3.8, 4) is 0 Å². The van der Waals surface area contributed by atoms with Gasteiger partial charge in [-0.25, -0.2) is 9.97 Å². The highest BCUT2D eigenvalue weighted by molar-refractivity contribution is 7.09. The smallest absolute Gasteiger partial charge is 0.231 e. The van der Waals surface area contributed by atoms with Gasteiger partial charge in [0.2, 0.25) is 5.91 Å². The topological polar surface area (TPSA) is 80.2 Å². The molecule has 2 aromatic rings. The molecule has 0 aromatic carbocycles. The molecule has 3 atom stereocenters. The van der Waals surface area contributed by atoms with Crippen molar-refractivity contribution in [2.75, 3.05) is 31.6 Å². The van der Waals surface area contributed by atoms with Crippen molar-refractivity contribution in [2.45, 2.75) is 6.54 Å². The Morgan fingerprint density at radius 1 is 1.29 bits per heavy atom. The summed E-state index contributed by atoms with van der Waals surface area (Å²) >= 11 is 1.67. The highest BCUT2D eigenvalue weighted by atomic mass is 32.1. The number of carbonyl (C=O) groups excluding carboxylic acids is 1. The Morgan fingerprint density at radius 3 is 3.04 bits per heavy atom. The molecule has 0 bridgehead atoms. The van der Waals surface area contributed by atoms with Gasteiger partial charge in [-0.05, 0) is 11.8 Å². The Bertz CT molecular complexity index is 681. The Labute approximate surface area is 144 Å². The molecule has 126 valence electrons. The Morgan fingerprint density at radius 2 is 2.25 bits per heavy atom. The summed E-state index contributed by atoms with van der Waals surface area (Å²) < 4.78 is 5.70. The van der Waals surface area contributed by atoms with Crippen LogP contribution < -0.4 is 5.32 Å². The number of aromatic nitrogens is 3. The van der Waals surface area contributed by atoms with Crippen molar-refractivity contribution < 1.29 is 9.53 Å². The number of amides is 1. The van der Waals surface area contributed by atoms with Crippen LogP contribution in [0.4, 0.5) is 5.82 Å². The minimum Gasteiger partial charge on any atom is -0.380 e. The monoisotopic (exact) mass is 345 g/mol. The van der Waals surface area contributed by atoms with E-state index in [1.165, 1.54) is 0 Å². The number of anilines is 1. The van der Waals surface area contributed by atoms with Crippen molar-refractivity contribution in [3.63, 3.8) is 0 Å². The average molecular weight is 345 g/mol. The average Bonchev–Trinajstić information content (AvgIpc) is 3.24. The number of nitrogens with zero attached hydrogens (tertiary/aromatic N) is 4. The highest BCUT2D eigenvalue weighted by Gasteiger charge is 2.44. The van der Waals surface area contributed by atoms with E-state index in [0.29, 0.717) is 24.3 Å². The first kappa shape index (κ1) is 15.6. The van der Waals surface area contributed by atoms with Gasteiger partial charge in [0.15, 0.2) is 5.82 Å². The quantitative estimate of drug-likeness (QED) is 0.899. The molecule has 0 radical (unpaired) electrons. The fraction of sp³-hybridized carbons (Fsp3) is 0.500. The molecule has 2 aromatic heterocycles. The van der Waals surface area contributed by atoms with Gasteiger partial charge in [-0.1, -0.05) is 0 Å². The first-order valence-corrected chi connectivity index (χ1v) is 8.93. The van der Waals surface area contributed by atoms with Crippen LogP contribution in [0.25, 0.3) is 0 Å². The second-order valence-electron chi connectivity index (χ2n) is 6.27. The SMILES string of the molecule is O=C(Nc1cnccn1)[C@H]1COC[C@H]2CN(Cc3nccs3)C[C@H]21. The summed E-state index contributed by atoms with van der Waals surface area (Å²) in [6.07, 6.45) is 6.55. The lowest BCUT2D eigenvalue weighted by atomic mass is 9.82. The predicted octanol–water partition coefficient (Wildman–Crippen LogP) is 1.27. The van der Waals surface area contributed by atoms with Crippen molar-refractivity contribution in [1.29, 1.82) is 0 Å². The van der Waals surface area contributed by atoms with E-state index in [-0.39, 0.29) is 11.8 Å². The van der Waals surface area contributed by atoms with Gasteiger partial charge in [0.1, 0.15) is 5.01 Å². The minimum atomic E-state index is -0.146. The lowest BCUT2D eigenvalue weighted by Gasteiger charge is -2.31. The van der Waals surface area contributed by atoms with Crippen LogP contribution >= 0.6 is 11.3 Å². The van der Waals surface area contributed by atoms with Gasteiger partial charge >= 0.3 is 0 Å². The van der Waals surface area contributed by atoms with Crippen LogP contribution in [-0.2, 0) is 16.1 Å². The molecule has 0 unspecified atom stereocenters. The second kappa shape index (κ2) is 6.92. The van der Waals surface area contributed by atoms with Gasteiger partial charge in [0.05, 0.1) is 31.9 Å². The summed E-state index contributed by atoms with van der Waals surface area (Å²) in [4.78, 5) is 27.5. The second-order valence-corrected chi connectivity index (χ2v) is 7.25. The number of ether oxygens (including phenoxy) is 1. The van der Waals surface area contributed by atoms with Gasteiger partial charge in [-0.3, -0.25) is 14.7 Å². The maximum atomic E-state index is 12.6. The third-order valence-corrected chi connectivity index (χ3v) is 5.47. The van der Waals surface area contributed by atoms with E-state index in [1.807, 2.05) is 11.6 Å². The molecule has 4 heterocycles. The van der Waals surface area contributed by atoms with Gasteiger partial charge in [-0.15, -0.1) is 11.3 Å². The molecule has 7 nitrogen and oxygen atoms in total. The molecule has 0 spiro atoms. The van der Waals surface area contributed by atoms with Gasteiger partial charge in [-0.2, -0.15) is 0 Å². The van der Waals surface area contributed by atoms with E-state index >= 15 is 0 Å². The third kappa shape index (κ3) is 3.31. The molecular weight excluding hydrogens is 326 g/mol. The molecule has 4 rings (SSSR count). The number of nitrogens with one attached hydrogen (secondary N) is 1. The molecule has 2 fully saturated rings. The first-order chi connectivity index (χ1) is 11.8. The van der Waals surface area contributed by atoms with E-state index < -0.39 is 0 Å². The highest BCUT2D eigenvalue weighted by Crippen LogP contribution is 2.35. The molecule has 2 saturated heterocycles. The minimum absolute atomic E-state index is 0.0266. The molecule has 8 heteroatoms. The number of rotatable bonds is 4. The molecular formula is C16H19N5O2S. The maximum absolute atomic E-state index is 12.6. The first-order valence-electron chi connectivity index (χ1n) is 8.05. The van der Waals surface area contributed by atoms with Crippen LogP contribution in [0.2, 0.25) is 0 Å². The van der Waals surface area contributed by atoms with Crippen molar-refractivity contribution in [3.05, 3.63) is 35.2 Å². The molecule has 1 amide bonds. The zero-order valence-corrected chi connectivity index (χ0v) is 14.0. The fourth-order valence-electron chi connectivity index (χ4n) is 3.59. The number of fused-ring (bicyclic) bond motifs is 1. The van der Waals surface area contributed by atoms with Crippen molar-refractivity contribution in [1.82, 2.24) is 19.9 Å². The normalized spacial score (nSPS) is 26.9. The van der Waals surface area contributed by atoms with Crippen LogP contribution in [0.5, 0.6) is 0 Å². The van der Waals surface area contributed by atoms with Gasteiger partial charge < -0.3 is 10.1 Å². The molecule has 0 aliphatic carbocycles. The largest absolute Gasteiger partial charge is 0.380 e. The van der Waals surface area contributed by atoms with Gasteiger partial charge in [0, 0.05) is 37.1 Å². The van der Waals surface area contributed by atoms with E-state index in [2.05, 4.69) is 25.2 Å². The third-order valence-electron chi connectivity index (χ3n) is 4.71. The van der Waals surface area contributed by atoms with Crippen molar-refractivity contribution in [2.24, 2.45) is 17.8 Å². The Hall–Kier alpha value is -1.90. The van der Waals surface area contributed by atoms with Crippen LogP contribution in [0.1, 0.15) is 5.01 Å². The number of hydrogen-bond donors (Lipinski definition) is 1. The Balaban J connectivity index is 1.42. The van der Waals surface area contributed by atoms with E-state index in [4.69, 9.17) is 4.74 Å². The summed E-state index contributed by atoms with van der Waals surface area (Å²) in [5.74, 6) is 1.03. The predicted molar refractivity (Wildman–Crippen MR) is 89.3 cm³/mol. The molecule has 0 saturated carbocycles. The number of thiazole rings is 1. The lowest BCUT2D eigenvalue weighted by molar-refractivity contribution is -0.128. The lowest BCUT2D eigenvalue weighted by Crippen LogP contribution is -2.42. The summed E-state index contributed by atoms with van der Waals surface area (Å²) in [5.41, 5.74) is 0. The zero-order chi connectivity index (χ0) is 16.4. The maximum Gasteiger partial charge on any atom is 0.231 e. The molecule has 2 aliphatic rings. The van der Waals surface area contributed by atoms with Crippen LogP contribution in [0.3, 0.4) is 0 Å². The molecule has 1 N–H and O–H groups in total. The number of hydrogen-bond acceptors (Lipinski definition) is 7. The van der Waals surface area contributed by atoms with Crippen LogP contribution in [-0.4, -0.2) is 52.1 Å². The van der Waals surface area contributed by atoms with E-state index in [0.717, 1.165) is 31.2 Å².